The smallest absolute Gasteiger partial charge is 0.337 e. The van der Waals surface area contributed by atoms with Gasteiger partial charge in [-0.25, -0.2) is 14.6 Å². The van der Waals surface area contributed by atoms with E-state index in [0.29, 0.717) is 17.0 Å². The molecule has 2 aromatic heterocycles. The molecule has 2 heterocycles. The van der Waals surface area contributed by atoms with Gasteiger partial charge >= 0.3 is 11.9 Å². The molecule has 1 aliphatic carbocycles. The molecular formula is C22H21N3O6S2. The van der Waals surface area contributed by atoms with Crippen molar-refractivity contribution in [1.29, 1.82) is 0 Å². The second-order valence-electron chi connectivity index (χ2n) is 7.37. The number of benzene rings is 1. The predicted octanol–water partition coefficient (Wildman–Crippen LogP) is 2.92. The molecule has 0 saturated carbocycles. The highest BCUT2D eigenvalue weighted by atomic mass is 32.2. The summed E-state index contributed by atoms with van der Waals surface area (Å²) >= 11 is 2.86. The third kappa shape index (κ3) is 4.93. The van der Waals surface area contributed by atoms with Crippen molar-refractivity contribution >= 4 is 56.8 Å². The molecule has 3 aromatic rings. The zero-order valence-electron chi connectivity index (χ0n) is 18.0. The Bertz CT molecular complexity index is 1280. The van der Waals surface area contributed by atoms with Crippen LogP contribution < -0.4 is 10.9 Å². The topological polar surface area (TPSA) is 127 Å². The predicted molar refractivity (Wildman–Crippen MR) is 126 cm³/mol. The molecule has 172 valence electrons. The number of aromatic nitrogens is 2. The fraction of sp³-hybridized carbons (Fsp3) is 0.318. The first-order valence-electron chi connectivity index (χ1n) is 10.1. The van der Waals surface area contributed by atoms with Crippen LogP contribution in [0.25, 0.3) is 10.2 Å². The largest absolute Gasteiger partial charge is 0.465 e. The Balaban J connectivity index is 1.41. The summed E-state index contributed by atoms with van der Waals surface area (Å²) in [4.78, 5) is 58.1. The first-order valence-corrected chi connectivity index (χ1v) is 12.1. The van der Waals surface area contributed by atoms with Crippen molar-refractivity contribution in [2.45, 2.75) is 25.0 Å². The highest BCUT2D eigenvalue weighted by Crippen LogP contribution is 2.34. The van der Waals surface area contributed by atoms with Crippen molar-refractivity contribution in [3.63, 3.8) is 0 Å². The number of carbonyl (C=O) groups is 3. The number of carbonyl (C=O) groups excluding carboxylic acids is 3. The van der Waals surface area contributed by atoms with Crippen molar-refractivity contribution in [1.82, 2.24) is 9.97 Å². The van der Waals surface area contributed by atoms with Crippen molar-refractivity contribution < 1.29 is 23.9 Å². The molecule has 9 nitrogen and oxygen atoms in total. The molecule has 0 saturated heterocycles. The minimum absolute atomic E-state index is 0.0820. The Morgan fingerprint density at radius 3 is 2.48 bits per heavy atom. The molecule has 11 heteroatoms. The zero-order chi connectivity index (χ0) is 23.5. The van der Waals surface area contributed by atoms with Gasteiger partial charge in [-0.3, -0.25) is 9.59 Å². The Labute approximate surface area is 196 Å². The van der Waals surface area contributed by atoms with Crippen LogP contribution in [-0.2, 0) is 32.9 Å². The van der Waals surface area contributed by atoms with Gasteiger partial charge < -0.3 is 19.8 Å². The van der Waals surface area contributed by atoms with Crippen LogP contribution >= 0.6 is 23.1 Å². The number of thiophene rings is 1. The van der Waals surface area contributed by atoms with E-state index in [-0.39, 0.29) is 34.0 Å². The van der Waals surface area contributed by atoms with Crippen LogP contribution in [0.2, 0.25) is 0 Å². The average molecular weight is 488 g/mol. The molecule has 33 heavy (non-hydrogen) atoms. The zero-order valence-corrected chi connectivity index (χ0v) is 19.6. The van der Waals surface area contributed by atoms with Crippen molar-refractivity contribution in [2.75, 3.05) is 25.3 Å². The lowest BCUT2D eigenvalue weighted by Gasteiger charge is -2.09. The van der Waals surface area contributed by atoms with Gasteiger partial charge in [0.05, 0.1) is 42.2 Å². The molecular weight excluding hydrogens is 466 g/mol. The summed E-state index contributed by atoms with van der Waals surface area (Å²) in [6.07, 6.45) is 2.99. The number of anilines is 1. The molecule has 0 radical (unpaired) electrons. The maximum atomic E-state index is 12.5. The van der Waals surface area contributed by atoms with Crippen LogP contribution in [0, 0.1) is 0 Å². The van der Waals surface area contributed by atoms with Gasteiger partial charge in [0, 0.05) is 10.6 Å². The van der Waals surface area contributed by atoms with Gasteiger partial charge in [0.1, 0.15) is 10.7 Å². The lowest BCUT2D eigenvalue weighted by Crippen LogP contribution is -2.16. The summed E-state index contributed by atoms with van der Waals surface area (Å²) in [5, 5.41) is 3.37. The number of methoxy groups -OCH3 is 2. The van der Waals surface area contributed by atoms with Crippen molar-refractivity contribution in [2.24, 2.45) is 0 Å². The Kier molecular flexibility index (Phi) is 6.80. The maximum absolute atomic E-state index is 12.5. The number of H-pyrrole nitrogens is 1. The fourth-order valence-corrected chi connectivity index (χ4v) is 5.69. The number of rotatable bonds is 7. The van der Waals surface area contributed by atoms with E-state index in [0.717, 1.165) is 29.7 Å². The molecule has 0 bridgehead atoms. The van der Waals surface area contributed by atoms with Crippen LogP contribution in [-0.4, -0.2) is 47.8 Å². The first kappa shape index (κ1) is 23.0. The van der Waals surface area contributed by atoms with Gasteiger partial charge in [0.2, 0.25) is 5.91 Å². The van der Waals surface area contributed by atoms with Crippen LogP contribution in [0.1, 0.15) is 43.4 Å². The number of fused-ring (bicyclic) bond motifs is 3. The van der Waals surface area contributed by atoms with Crippen LogP contribution in [0.4, 0.5) is 5.69 Å². The fourth-order valence-electron chi connectivity index (χ4n) is 3.72. The number of thioether (sulfide) groups is 1. The van der Waals surface area contributed by atoms with E-state index in [2.05, 4.69) is 15.3 Å². The highest BCUT2D eigenvalue weighted by molar-refractivity contribution is 7.99. The van der Waals surface area contributed by atoms with Gasteiger partial charge in [0.15, 0.2) is 0 Å². The summed E-state index contributed by atoms with van der Waals surface area (Å²) in [6.45, 7) is 0. The summed E-state index contributed by atoms with van der Waals surface area (Å²) in [5.74, 6) is -0.663. The van der Waals surface area contributed by atoms with E-state index in [4.69, 9.17) is 9.47 Å². The summed E-state index contributed by atoms with van der Waals surface area (Å²) in [5.41, 5.74) is 1.49. The van der Waals surface area contributed by atoms with Gasteiger partial charge in [-0.15, -0.1) is 23.1 Å². The average Bonchev–Trinajstić information content (AvgIpc) is 3.38. The number of ether oxygens (including phenoxy) is 2. The molecule has 0 aliphatic heterocycles. The standard InChI is InChI=1S/C22H21N3O6S2/c1-30-21(28)11-6-12(22(29)31-2)8-13(7-11)23-17(26)10-32-9-16-24-19(27)18-14-4-3-5-15(14)33-20(18)25-16/h6-8H,3-5,9-10H2,1-2H3,(H,23,26)(H,24,25,27). The van der Waals surface area contributed by atoms with Crippen LogP contribution in [0.3, 0.4) is 0 Å². The first-order chi connectivity index (χ1) is 15.9. The van der Waals surface area contributed by atoms with Crippen LogP contribution in [0.5, 0.6) is 0 Å². The molecule has 0 fully saturated rings. The van der Waals surface area contributed by atoms with Gasteiger partial charge in [0.25, 0.3) is 5.56 Å². The molecule has 0 spiro atoms. The van der Waals surface area contributed by atoms with Gasteiger partial charge in [-0.05, 0) is 43.0 Å². The van der Waals surface area contributed by atoms with Gasteiger partial charge in [-0.2, -0.15) is 0 Å². The molecule has 0 atom stereocenters. The van der Waals surface area contributed by atoms with E-state index in [1.54, 1.807) is 11.3 Å². The number of nitrogens with zero attached hydrogens (tertiary/aromatic N) is 1. The number of esters is 2. The Morgan fingerprint density at radius 2 is 1.82 bits per heavy atom. The monoisotopic (exact) mass is 487 g/mol. The normalized spacial score (nSPS) is 12.4. The summed E-state index contributed by atoms with van der Waals surface area (Å²) in [7, 11) is 2.45. The number of hydrogen-bond acceptors (Lipinski definition) is 9. The quantitative estimate of drug-likeness (QED) is 0.487. The van der Waals surface area contributed by atoms with Gasteiger partial charge in [-0.1, -0.05) is 0 Å². The molecule has 4 rings (SSSR count). The molecule has 1 aliphatic rings. The lowest BCUT2D eigenvalue weighted by atomic mass is 10.1. The second kappa shape index (κ2) is 9.75. The maximum Gasteiger partial charge on any atom is 0.337 e. The van der Waals surface area contributed by atoms with E-state index < -0.39 is 11.9 Å². The molecule has 1 amide bonds. The number of hydrogen-bond donors (Lipinski definition) is 2. The number of aryl methyl sites for hydroxylation is 2. The van der Waals surface area contributed by atoms with E-state index in [1.807, 2.05) is 0 Å². The SMILES string of the molecule is COC(=O)c1cc(NC(=O)CSCc2nc3sc4c(c3c(=O)[nH]2)CCC4)cc(C(=O)OC)c1. The molecule has 1 aromatic carbocycles. The van der Waals surface area contributed by atoms with E-state index in [1.165, 1.54) is 49.1 Å². The third-order valence-electron chi connectivity index (χ3n) is 5.16. The van der Waals surface area contributed by atoms with E-state index in [9.17, 15) is 19.2 Å². The van der Waals surface area contributed by atoms with Crippen molar-refractivity contribution in [3.05, 3.63) is 55.9 Å². The Hall–Kier alpha value is -3.18. The number of nitrogens with one attached hydrogen (secondary N) is 2. The third-order valence-corrected chi connectivity index (χ3v) is 7.28. The molecule has 2 N–H and O–H groups in total. The summed E-state index contributed by atoms with van der Waals surface area (Å²) < 4.78 is 9.39. The minimum Gasteiger partial charge on any atom is -0.465 e. The Morgan fingerprint density at radius 1 is 1.12 bits per heavy atom. The van der Waals surface area contributed by atoms with Crippen molar-refractivity contribution in [3.8, 4) is 0 Å². The number of aromatic amines is 1. The van der Waals surface area contributed by atoms with Crippen LogP contribution in [0.15, 0.2) is 23.0 Å². The highest BCUT2D eigenvalue weighted by Gasteiger charge is 2.21. The number of amides is 1. The van der Waals surface area contributed by atoms with E-state index >= 15 is 0 Å². The minimum atomic E-state index is -0.643. The molecule has 0 unspecified atom stereocenters. The summed E-state index contributed by atoms with van der Waals surface area (Å²) in [6, 6.07) is 4.17. The lowest BCUT2D eigenvalue weighted by molar-refractivity contribution is -0.113. The second-order valence-corrected chi connectivity index (χ2v) is 9.44.